The van der Waals surface area contributed by atoms with E-state index in [0.29, 0.717) is 11.3 Å². The number of para-hydroxylation sites is 1. The number of carboxylic acids is 2. The van der Waals surface area contributed by atoms with Crippen LogP contribution in [-0.2, 0) is 14.4 Å². The molecule has 118 valence electrons. The van der Waals surface area contributed by atoms with Gasteiger partial charge in [0.05, 0.1) is 0 Å². The molecule has 1 saturated heterocycles. The van der Waals surface area contributed by atoms with Crippen LogP contribution in [0.4, 0.5) is 0 Å². The summed E-state index contributed by atoms with van der Waals surface area (Å²) in [4.78, 5) is 35.0. The first-order chi connectivity index (χ1) is 10.4. The molecule has 1 amide bonds. The number of hydrogen-bond acceptors (Lipinski definition) is 5. The Morgan fingerprint density at radius 2 is 2.00 bits per heavy atom. The van der Waals surface area contributed by atoms with E-state index in [1.165, 1.54) is 23.6 Å². The van der Waals surface area contributed by atoms with Crippen molar-refractivity contribution in [3.8, 4) is 5.75 Å². The lowest BCUT2D eigenvalue weighted by molar-refractivity contribution is -0.148. The average molecular weight is 325 g/mol. The number of carboxylic acid groups (broad SMARTS) is 2. The standard InChI is InChI=1S/C14H15NO6S/c1-8(16)15-10(14(19)20)7-22-13(15)9-4-2-3-5-11(9)21-6-12(17)18/h2-5,10,13H,6-7H2,1H3,(H,17,18)(H,19,20). The number of ether oxygens (including phenoxy) is 1. The van der Waals surface area contributed by atoms with Crippen LogP contribution < -0.4 is 4.74 Å². The van der Waals surface area contributed by atoms with Gasteiger partial charge in [0.25, 0.3) is 0 Å². The van der Waals surface area contributed by atoms with E-state index in [9.17, 15) is 19.5 Å². The molecule has 0 aromatic heterocycles. The van der Waals surface area contributed by atoms with Crippen molar-refractivity contribution in [2.24, 2.45) is 0 Å². The van der Waals surface area contributed by atoms with Crippen LogP contribution in [0.25, 0.3) is 0 Å². The van der Waals surface area contributed by atoms with Crippen molar-refractivity contribution in [3.63, 3.8) is 0 Å². The van der Waals surface area contributed by atoms with Gasteiger partial charge in [-0.3, -0.25) is 4.79 Å². The first-order valence-electron chi connectivity index (χ1n) is 6.48. The highest BCUT2D eigenvalue weighted by molar-refractivity contribution is 7.99. The van der Waals surface area contributed by atoms with Crippen molar-refractivity contribution in [2.45, 2.75) is 18.3 Å². The van der Waals surface area contributed by atoms with Crippen LogP contribution in [0.15, 0.2) is 24.3 Å². The quantitative estimate of drug-likeness (QED) is 0.838. The van der Waals surface area contributed by atoms with E-state index >= 15 is 0 Å². The van der Waals surface area contributed by atoms with Crippen LogP contribution in [0.5, 0.6) is 5.75 Å². The maximum Gasteiger partial charge on any atom is 0.341 e. The van der Waals surface area contributed by atoms with Gasteiger partial charge in [-0.15, -0.1) is 11.8 Å². The van der Waals surface area contributed by atoms with Crippen LogP contribution in [0.2, 0.25) is 0 Å². The van der Waals surface area contributed by atoms with Crippen molar-refractivity contribution in [2.75, 3.05) is 12.4 Å². The molecule has 0 radical (unpaired) electrons. The molecule has 0 spiro atoms. The molecular weight excluding hydrogens is 310 g/mol. The monoisotopic (exact) mass is 325 g/mol. The third-order valence-electron chi connectivity index (χ3n) is 3.19. The Balaban J connectivity index is 2.32. The molecule has 2 N–H and O–H groups in total. The number of amides is 1. The van der Waals surface area contributed by atoms with E-state index in [4.69, 9.17) is 9.84 Å². The second-order valence-corrected chi connectivity index (χ2v) is 5.80. The minimum atomic E-state index is -1.11. The molecule has 8 heteroatoms. The normalized spacial score (nSPS) is 20.7. The summed E-state index contributed by atoms with van der Waals surface area (Å²) in [7, 11) is 0. The number of hydrogen-bond donors (Lipinski definition) is 2. The Morgan fingerprint density at radius 3 is 2.59 bits per heavy atom. The molecule has 1 fully saturated rings. The van der Waals surface area contributed by atoms with Gasteiger partial charge >= 0.3 is 11.9 Å². The first-order valence-corrected chi connectivity index (χ1v) is 7.53. The number of carbonyl (C=O) groups is 3. The molecule has 0 bridgehead atoms. The second kappa shape index (κ2) is 6.69. The maximum atomic E-state index is 11.8. The number of benzene rings is 1. The highest BCUT2D eigenvalue weighted by Gasteiger charge is 2.41. The predicted octanol–water partition coefficient (Wildman–Crippen LogP) is 1.20. The zero-order chi connectivity index (χ0) is 16.3. The number of nitrogens with zero attached hydrogens (tertiary/aromatic N) is 1. The molecule has 1 heterocycles. The fourth-order valence-corrected chi connectivity index (χ4v) is 3.77. The van der Waals surface area contributed by atoms with Gasteiger partial charge in [0.15, 0.2) is 6.61 Å². The molecule has 0 saturated carbocycles. The van der Waals surface area contributed by atoms with Gasteiger partial charge in [0.1, 0.15) is 17.2 Å². The molecule has 1 aromatic carbocycles. The van der Waals surface area contributed by atoms with E-state index in [0.717, 1.165) is 0 Å². The van der Waals surface area contributed by atoms with E-state index in [2.05, 4.69) is 0 Å². The largest absolute Gasteiger partial charge is 0.482 e. The summed E-state index contributed by atoms with van der Waals surface area (Å²) in [6.07, 6.45) is 0. The summed E-state index contributed by atoms with van der Waals surface area (Å²) in [5.41, 5.74) is 0.590. The second-order valence-electron chi connectivity index (χ2n) is 4.69. The maximum absolute atomic E-state index is 11.8. The third kappa shape index (κ3) is 3.33. The minimum Gasteiger partial charge on any atom is -0.482 e. The van der Waals surface area contributed by atoms with Crippen LogP contribution in [-0.4, -0.2) is 51.4 Å². The van der Waals surface area contributed by atoms with Crippen molar-refractivity contribution < 1.29 is 29.3 Å². The van der Waals surface area contributed by atoms with Crippen LogP contribution >= 0.6 is 11.8 Å². The molecule has 0 aliphatic carbocycles. The summed E-state index contributed by atoms with van der Waals surface area (Å²) in [6.45, 7) is 0.812. The van der Waals surface area contributed by atoms with Crippen molar-refractivity contribution >= 4 is 29.6 Å². The SMILES string of the molecule is CC(=O)N1C(C(=O)O)CSC1c1ccccc1OCC(=O)O. The number of carbonyl (C=O) groups excluding carboxylic acids is 1. The molecule has 2 unspecified atom stereocenters. The molecule has 2 rings (SSSR count). The topological polar surface area (TPSA) is 104 Å². The van der Waals surface area contributed by atoms with Gasteiger partial charge < -0.3 is 19.8 Å². The summed E-state index contributed by atoms with van der Waals surface area (Å²) in [5, 5.41) is 17.4. The Hall–Kier alpha value is -2.22. The molecule has 1 aromatic rings. The van der Waals surface area contributed by atoms with E-state index in [1.54, 1.807) is 24.3 Å². The highest BCUT2D eigenvalue weighted by atomic mass is 32.2. The first kappa shape index (κ1) is 16.2. The third-order valence-corrected chi connectivity index (χ3v) is 4.49. The summed E-state index contributed by atoms with van der Waals surface area (Å²) in [5.74, 6) is -1.92. The highest BCUT2D eigenvalue weighted by Crippen LogP contribution is 2.44. The van der Waals surface area contributed by atoms with Crippen LogP contribution in [0.1, 0.15) is 17.9 Å². The van der Waals surface area contributed by atoms with Gasteiger partial charge in [-0.1, -0.05) is 18.2 Å². The van der Waals surface area contributed by atoms with Crippen molar-refractivity contribution in [1.82, 2.24) is 4.90 Å². The Bertz CT molecular complexity index is 605. The summed E-state index contributed by atoms with van der Waals surface area (Å²) in [6, 6.07) is 5.82. The van der Waals surface area contributed by atoms with Gasteiger partial charge in [-0.25, -0.2) is 9.59 Å². The fourth-order valence-electron chi connectivity index (χ4n) is 2.28. The average Bonchev–Trinajstić information content (AvgIpc) is 2.90. The van der Waals surface area contributed by atoms with E-state index < -0.39 is 30.0 Å². The summed E-state index contributed by atoms with van der Waals surface area (Å²) >= 11 is 1.31. The Labute approximate surface area is 130 Å². The zero-order valence-electron chi connectivity index (χ0n) is 11.8. The lowest BCUT2D eigenvalue weighted by atomic mass is 10.1. The molecule has 1 aliphatic rings. The smallest absolute Gasteiger partial charge is 0.341 e. The van der Waals surface area contributed by atoms with Crippen LogP contribution in [0, 0.1) is 0 Å². The molecule has 2 atom stereocenters. The fraction of sp³-hybridized carbons (Fsp3) is 0.357. The molecule has 1 aliphatic heterocycles. The van der Waals surface area contributed by atoms with Gasteiger partial charge in [-0.05, 0) is 6.07 Å². The van der Waals surface area contributed by atoms with Crippen molar-refractivity contribution in [3.05, 3.63) is 29.8 Å². The summed E-state index contributed by atoms with van der Waals surface area (Å²) < 4.78 is 5.24. The molecule has 22 heavy (non-hydrogen) atoms. The lowest BCUT2D eigenvalue weighted by Gasteiger charge is -2.27. The Morgan fingerprint density at radius 1 is 1.32 bits per heavy atom. The number of rotatable bonds is 5. The number of thioether (sulfide) groups is 1. The van der Waals surface area contributed by atoms with Gasteiger partial charge in [0, 0.05) is 18.2 Å². The minimum absolute atomic E-state index is 0.271. The van der Waals surface area contributed by atoms with Crippen LogP contribution in [0.3, 0.4) is 0 Å². The van der Waals surface area contributed by atoms with E-state index in [-0.39, 0.29) is 11.7 Å². The van der Waals surface area contributed by atoms with Gasteiger partial charge in [-0.2, -0.15) is 0 Å². The predicted molar refractivity (Wildman–Crippen MR) is 78.7 cm³/mol. The molecule has 7 nitrogen and oxygen atoms in total. The van der Waals surface area contributed by atoms with Crippen molar-refractivity contribution in [1.29, 1.82) is 0 Å². The molecular formula is C14H15NO6S. The van der Waals surface area contributed by atoms with Gasteiger partial charge in [0.2, 0.25) is 5.91 Å². The number of aliphatic carboxylic acids is 2. The van der Waals surface area contributed by atoms with E-state index in [1.807, 2.05) is 0 Å². The lowest BCUT2D eigenvalue weighted by Crippen LogP contribution is -2.41. The Kier molecular flexibility index (Phi) is 4.92. The zero-order valence-corrected chi connectivity index (χ0v) is 12.6.